The van der Waals surface area contributed by atoms with Gasteiger partial charge in [-0.1, -0.05) is 38.3 Å². The summed E-state index contributed by atoms with van der Waals surface area (Å²) in [6, 6.07) is 9.10. The number of benzene rings is 1. The Balaban J connectivity index is 1.46. The van der Waals surface area contributed by atoms with Gasteiger partial charge in [0, 0.05) is 12.6 Å². The molecule has 1 aliphatic heterocycles. The van der Waals surface area contributed by atoms with Gasteiger partial charge in [-0.05, 0) is 62.3 Å². The Bertz CT molecular complexity index is 461. The first-order valence-electron chi connectivity index (χ1n) is 9.93. The van der Waals surface area contributed by atoms with Gasteiger partial charge < -0.3 is 14.8 Å². The van der Waals surface area contributed by atoms with Crippen molar-refractivity contribution in [2.24, 2.45) is 5.92 Å². The van der Waals surface area contributed by atoms with Crippen LogP contribution >= 0.6 is 0 Å². The van der Waals surface area contributed by atoms with Crippen LogP contribution in [0.2, 0.25) is 0 Å². The van der Waals surface area contributed by atoms with E-state index < -0.39 is 0 Å². The van der Waals surface area contributed by atoms with Crippen molar-refractivity contribution in [1.82, 2.24) is 5.32 Å². The normalized spacial score (nSPS) is 23.3. The van der Waals surface area contributed by atoms with Crippen molar-refractivity contribution >= 4 is 0 Å². The molecule has 1 saturated heterocycles. The lowest BCUT2D eigenvalue weighted by atomic mass is 9.89. The van der Waals surface area contributed by atoms with Gasteiger partial charge in [-0.25, -0.2) is 0 Å². The minimum atomic E-state index is 0.283. The van der Waals surface area contributed by atoms with Crippen molar-refractivity contribution in [2.75, 3.05) is 19.8 Å². The molecule has 1 aromatic carbocycles. The standard InChI is InChI=1S/C21H33NO2/c1-2-21(22-15-17-7-4-3-5-8-17)18-10-12-19(13-11-18)24-16-20-9-6-14-23-20/h10-13,17,20-22H,2-9,14-16H2,1H3. The van der Waals surface area contributed by atoms with Gasteiger partial charge in [0.15, 0.2) is 0 Å². The maximum absolute atomic E-state index is 5.87. The fourth-order valence-electron chi connectivity index (χ4n) is 3.96. The predicted molar refractivity (Wildman–Crippen MR) is 98.5 cm³/mol. The zero-order valence-electron chi connectivity index (χ0n) is 15.1. The van der Waals surface area contributed by atoms with E-state index in [1.54, 1.807) is 0 Å². The second kappa shape index (κ2) is 9.43. The molecule has 3 rings (SSSR count). The van der Waals surface area contributed by atoms with Crippen molar-refractivity contribution in [2.45, 2.75) is 70.4 Å². The molecule has 0 spiro atoms. The summed E-state index contributed by atoms with van der Waals surface area (Å²) in [6.07, 6.45) is 10.8. The van der Waals surface area contributed by atoms with Gasteiger partial charge in [0.25, 0.3) is 0 Å². The molecule has 1 N–H and O–H groups in total. The third-order valence-corrected chi connectivity index (χ3v) is 5.53. The highest BCUT2D eigenvalue weighted by molar-refractivity contribution is 5.29. The number of nitrogens with one attached hydrogen (secondary N) is 1. The third-order valence-electron chi connectivity index (χ3n) is 5.53. The van der Waals surface area contributed by atoms with Crippen LogP contribution in [-0.2, 0) is 4.74 Å². The van der Waals surface area contributed by atoms with E-state index in [2.05, 4.69) is 36.5 Å². The zero-order valence-corrected chi connectivity index (χ0v) is 15.1. The number of ether oxygens (including phenoxy) is 2. The van der Waals surface area contributed by atoms with E-state index in [1.807, 2.05) is 0 Å². The molecule has 1 heterocycles. The summed E-state index contributed by atoms with van der Waals surface area (Å²) in [7, 11) is 0. The van der Waals surface area contributed by atoms with E-state index in [9.17, 15) is 0 Å². The van der Waals surface area contributed by atoms with Gasteiger partial charge in [-0.3, -0.25) is 0 Å². The Labute approximate surface area is 147 Å². The molecule has 24 heavy (non-hydrogen) atoms. The smallest absolute Gasteiger partial charge is 0.119 e. The van der Waals surface area contributed by atoms with Gasteiger partial charge in [0.1, 0.15) is 12.4 Å². The summed E-state index contributed by atoms with van der Waals surface area (Å²) in [6.45, 7) is 4.99. The van der Waals surface area contributed by atoms with Crippen molar-refractivity contribution in [3.8, 4) is 5.75 Å². The van der Waals surface area contributed by atoms with Crippen molar-refractivity contribution in [3.63, 3.8) is 0 Å². The van der Waals surface area contributed by atoms with E-state index >= 15 is 0 Å². The monoisotopic (exact) mass is 331 g/mol. The summed E-state index contributed by atoms with van der Waals surface area (Å²) in [4.78, 5) is 0. The van der Waals surface area contributed by atoms with Crippen LogP contribution < -0.4 is 10.1 Å². The summed E-state index contributed by atoms with van der Waals surface area (Å²) in [5.41, 5.74) is 1.37. The lowest BCUT2D eigenvalue weighted by Gasteiger charge is -2.25. The Hall–Kier alpha value is -1.06. The fraction of sp³-hybridized carbons (Fsp3) is 0.714. The van der Waals surface area contributed by atoms with Crippen LogP contribution in [0.4, 0.5) is 0 Å². The van der Waals surface area contributed by atoms with E-state index in [0.29, 0.717) is 12.6 Å². The van der Waals surface area contributed by atoms with Gasteiger partial charge >= 0.3 is 0 Å². The van der Waals surface area contributed by atoms with Gasteiger partial charge in [-0.2, -0.15) is 0 Å². The molecule has 0 aromatic heterocycles. The molecular formula is C21H33NO2. The summed E-state index contributed by atoms with van der Waals surface area (Å²) < 4.78 is 11.5. The van der Waals surface area contributed by atoms with E-state index in [0.717, 1.165) is 44.1 Å². The van der Waals surface area contributed by atoms with Crippen LogP contribution in [0.3, 0.4) is 0 Å². The average molecular weight is 332 g/mol. The van der Waals surface area contributed by atoms with E-state index in [-0.39, 0.29) is 6.10 Å². The van der Waals surface area contributed by atoms with E-state index in [4.69, 9.17) is 9.47 Å². The molecule has 0 radical (unpaired) electrons. The van der Waals surface area contributed by atoms with Gasteiger partial charge in [0.05, 0.1) is 6.10 Å². The highest BCUT2D eigenvalue weighted by Crippen LogP contribution is 2.25. The van der Waals surface area contributed by atoms with Crippen LogP contribution in [0.15, 0.2) is 24.3 Å². The highest BCUT2D eigenvalue weighted by Gasteiger charge is 2.17. The topological polar surface area (TPSA) is 30.5 Å². The SMILES string of the molecule is CCC(NCC1CCCCC1)c1ccc(OCC2CCCO2)cc1. The first kappa shape index (κ1) is 17.8. The number of hydrogen-bond donors (Lipinski definition) is 1. The lowest BCUT2D eigenvalue weighted by molar-refractivity contribution is 0.0679. The van der Waals surface area contributed by atoms with Crippen molar-refractivity contribution in [1.29, 1.82) is 0 Å². The molecule has 1 aromatic rings. The highest BCUT2D eigenvalue weighted by atomic mass is 16.5. The number of rotatable bonds is 8. The maximum atomic E-state index is 5.87. The molecule has 0 bridgehead atoms. The number of hydrogen-bond acceptors (Lipinski definition) is 3. The quantitative estimate of drug-likeness (QED) is 0.737. The predicted octanol–water partition coefficient (Wildman–Crippen LogP) is 4.87. The summed E-state index contributed by atoms with van der Waals surface area (Å²) in [5, 5.41) is 3.79. The van der Waals surface area contributed by atoms with Crippen LogP contribution in [0.1, 0.15) is 69.9 Å². The Morgan fingerprint density at radius 1 is 1.08 bits per heavy atom. The summed E-state index contributed by atoms with van der Waals surface area (Å²) in [5.74, 6) is 1.83. The van der Waals surface area contributed by atoms with Crippen molar-refractivity contribution < 1.29 is 9.47 Å². The zero-order chi connectivity index (χ0) is 16.6. The Morgan fingerprint density at radius 2 is 1.88 bits per heavy atom. The Kier molecular flexibility index (Phi) is 6.98. The Morgan fingerprint density at radius 3 is 2.54 bits per heavy atom. The molecule has 1 saturated carbocycles. The largest absolute Gasteiger partial charge is 0.491 e. The minimum absolute atomic E-state index is 0.283. The molecule has 2 aliphatic rings. The van der Waals surface area contributed by atoms with Crippen LogP contribution in [-0.4, -0.2) is 25.9 Å². The molecule has 0 amide bonds. The molecular weight excluding hydrogens is 298 g/mol. The fourth-order valence-corrected chi connectivity index (χ4v) is 3.96. The first-order chi connectivity index (χ1) is 11.8. The van der Waals surface area contributed by atoms with Gasteiger partial charge in [-0.15, -0.1) is 0 Å². The van der Waals surface area contributed by atoms with Crippen LogP contribution in [0.25, 0.3) is 0 Å². The maximum Gasteiger partial charge on any atom is 0.119 e. The molecule has 2 atom stereocenters. The summed E-state index contributed by atoms with van der Waals surface area (Å²) >= 11 is 0. The minimum Gasteiger partial charge on any atom is -0.491 e. The molecule has 1 aliphatic carbocycles. The molecule has 3 heteroatoms. The second-order valence-electron chi connectivity index (χ2n) is 7.39. The van der Waals surface area contributed by atoms with Crippen LogP contribution in [0, 0.1) is 5.92 Å². The van der Waals surface area contributed by atoms with Crippen molar-refractivity contribution in [3.05, 3.63) is 29.8 Å². The average Bonchev–Trinajstić information content (AvgIpc) is 3.16. The molecule has 134 valence electrons. The third kappa shape index (κ3) is 5.22. The lowest BCUT2D eigenvalue weighted by Crippen LogP contribution is -2.28. The molecule has 2 fully saturated rings. The second-order valence-corrected chi connectivity index (χ2v) is 7.39. The van der Waals surface area contributed by atoms with Gasteiger partial charge in [0.2, 0.25) is 0 Å². The van der Waals surface area contributed by atoms with Crippen LogP contribution in [0.5, 0.6) is 5.75 Å². The van der Waals surface area contributed by atoms with E-state index in [1.165, 1.54) is 37.7 Å². The first-order valence-corrected chi connectivity index (χ1v) is 9.93. The molecule has 3 nitrogen and oxygen atoms in total. The molecule has 2 unspecified atom stereocenters.